The van der Waals surface area contributed by atoms with Crippen LogP contribution in [-0.2, 0) is 4.79 Å². The third-order valence-corrected chi connectivity index (χ3v) is 3.94. The maximum Gasteiger partial charge on any atom is 1.00 e. The number of hydrogen-bond donors (Lipinski definition) is 0. The van der Waals surface area contributed by atoms with Crippen molar-refractivity contribution < 1.29 is 82.8 Å². The minimum Gasteiger partial charge on any atom is -1.00 e. The number of carbonyl (C=O) groups excluding carboxylic acids is 1. The number of carboxylic acid groups (broad SMARTS) is 1. The number of rotatable bonds is 12. The van der Waals surface area contributed by atoms with Crippen molar-refractivity contribution >= 4 is 5.97 Å². The molecule has 0 bridgehead atoms. The quantitative estimate of drug-likeness (QED) is 0.265. The molecule has 0 aliphatic carbocycles. The van der Waals surface area contributed by atoms with E-state index in [1.165, 1.54) is 82.0 Å². The van der Waals surface area contributed by atoms with Crippen molar-refractivity contribution in [3.63, 3.8) is 0 Å². The van der Waals surface area contributed by atoms with Crippen molar-refractivity contribution in [1.29, 1.82) is 0 Å². The van der Waals surface area contributed by atoms with Gasteiger partial charge in [-0.1, -0.05) is 53.4 Å². The van der Waals surface area contributed by atoms with Crippen LogP contribution in [0.15, 0.2) is 0 Å². The second-order valence-electron chi connectivity index (χ2n) is 6.14. The Morgan fingerprint density at radius 3 is 1.04 bits per heavy atom. The van der Waals surface area contributed by atoms with Crippen LogP contribution in [0.25, 0.3) is 0 Å². The van der Waals surface area contributed by atoms with Gasteiger partial charge in [-0.15, -0.1) is 0 Å². The van der Waals surface area contributed by atoms with E-state index < -0.39 is 5.97 Å². The number of hydrogen-bond acceptors (Lipinski definition) is 2. The molecular weight excluding hydrogens is 381 g/mol. The number of nitrogens with zero attached hydrogens (tertiary/aromatic N) is 1. The molecule has 0 atom stereocenters. The number of quaternary nitrogens is 1. The first-order chi connectivity index (χ1) is 9.97. The molecule has 0 N–H and O–H groups in total. The van der Waals surface area contributed by atoms with E-state index in [0.29, 0.717) is 0 Å². The third kappa shape index (κ3) is 23.5. The normalized spacial score (nSPS) is 9.96. The average molecular weight is 421 g/mol. The molecule has 0 unspecified atom stereocenters. The van der Waals surface area contributed by atoms with Crippen molar-refractivity contribution in [3.8, 4) is 0 Å². The Balaban J connectivity index is -0.000000268. The Hall–Kier alpha value is 1.55. The monoisotopic (exact) mass is 419 g/mol. The first-order valence-electron chi connectivity index (χ1n) is 9.00. The predicted molar refractivity (Wildman–Crippen MR) is 90.0 cm³/mol. The summed E-state index contributed by atoms with van der Waals surface area (Å²) < 4.78 is 1.42. The van der Waals surface area contributed by atoms with E-state index in [9.17, 15) is 0 Å². The van der Waals surface area contributed by atoms with Crippen molar-refractivity contribution in [2.45, 2.75) is 86.0 Å². The van der Waals surface area contributed by atoms with Gasteiger partial charge in [0, 0.05) is 5.97 Å². The molecule has 5 heteroatoms. The van der Waals surface area contributed by atoms with Crippen molar-refractivity contribution in [3.05, 3.63) is 0 Å². The summed E-state index contributed by atoms with van der Waals surface area (Å²) in [5.41, 5.74) is 0. The van der Waals surface area contributed by atoms with Crippen LogP contribution in [0.2, 0.25) is 0 Å². The molecule has 0 radical (unpaired) electrons. The predicted octanol–water partition coefficient (Wildman–Crippen LogP) is -2.23. The molecule has 0 aliphatic heterocycles. The van der Waals surface area contributed by atoms with E-state index >= 15 is 0 Å². The molecule has 0 saturated heterocycles. The van der Waals surface area contributed by atoms with E-state index in [1.807, 2.05) is 0 Å². The van der Waals surface area contributed by atoms with Gasteiger partial charge in [0.1, 0.15) is 0 Å². The second kappa shape index (κ2) is 23.5. The largest absolute Gasteiger partial charge is 1.00 e. The molecule has 0 fully saturated rings. The Labute approximate surface area is 198 Å². The fraction of sp³-hybridized carbons (Fsp3) is 0.944. The number of unbranched alkanes of at least 4 members (excludes halogenated alkanes) is 4. The third-order valence-electron chi connectivity index (χ3n) is 3.94. The van der Waals surface area contributed by atoms with Crippen LogP contribution in [0, 0.1) is 0 Å². The van der Waals surface area contributed by atoms with E-state index in [2.05, 4.69) is 27.7 Å². The van der Waals surface area contributed by atoms with E-state index in [0.717, 1.165) is 6.92 Å². The molecule has 0 saturated carbocycles. The fourth-order valence-corrected chi connectivity index (χ4v) is 2.64. The van der Waals surface area contributed by atoms with Crippen LogP contribution in [0.1, 0.15) is 86.0 Å². The second-order valence-corrected chi connectivity index (χ2v) is 6.14. The summed E-state index contributed by atoms with van der Waals surface area (Å²) >= 11 is 0. The molecule has 0 rings (SSSR count). The van der Waals surface area contributed by atoms with Gasteiger partial charge < -0.3 is 31.4 Å². The summed E-state index contributed by atoms with van der Waals surface area (Å²) in [5, 5.41) is 8.89. The number of carbonyl (C=O) groups is 1. The van der Waals surface area contributed by atoms with Gasteiger partial charge in [-0.3, -0.25) is 0 Å². The first kappa shape index (κ1) is 32.2. The van der Waals surface area contributed by atoms with Crippen molar-refractivity contribution in [2.75, 3.05) is 26.2 Å². The molecule has 23 heavy (non-hydrogen) atoms. The minimum absolute atomic E-state index is 0. The van der Waals surface area contributed by atoms with Gasteiger partial charge in [0.15, 0.2) is 0 Å². The molecular formula is C18H39BrKNO2. The standard InChI is InChI=1S/C16H36N.C2H4O2.BrH.K/c1-5-9-13-17(14-10-6-2,15-11-7-3)16-12-8-4;1-2(3)4;;/h5-16H2,1-4H3;1H3,(H,3,4);1H;/q+1;;;+1/p-2. The maximum atomic E-state index is 8.89. The van der Waals surface area contributed by atoms with Crippen molar-refractivity contribution in [1.82, 2.24) is 0 Å². The Morgan fingerprint density at radius 1 is 0.739 bits per heavy atom. The van der Waals surface area contributed by atoms with Crippen LogP contribution < -0.4 is 73.5 Å². The summed E-state index contributed by atoms with van der Waals surface area (Å²) in [4.78, 5) is 8.89. The number of halogens is 1. The molecule has 0 spiro atoms. The summed E-state index contributed by atoms with van der Waals surface area (Å²) in [6.07, 6.45) is 11.1. The zero-order chi connectivity index (χ0) is 16.6. The van der Waals surface area contributed by atoms with Crippen LogP contribution in [0.3, 0.4) is 0 Å². The van der Waals surface area contributed by atoms with E-state index in [1.54, 1.807) is 0 Å². The summed E-state index contributed by atoms with van der Waals surface area (Å²) in [6, 6.07) is 0. The minimum atomic E-state index is -1.08. The van der Waals surface area contributed by atoms with Crippen LogP contribution in [-0.4, -0.2) is 36.6 Å². The molecule has 0 aliphatic rings. The maximum absolute atomic E-state index is 8.89. The van der Waals surface area contributed by atoms with Gasteiger partial charge in [-0.25, -0.2) is 0 Å². The Morgan fingerprint density at radius 2 is 0.913 bits per heavy atom. The van der Waals surface area contributed by atoms with Gasteiger partial charge in [-0.05, 0) is 32.6 Å². The zero-order valence-electron chi connectivity index (χ0n) is 16.6. The van der Waals surface area contributed by atoms with Crippen LogP contribution in [0.5, 0.6) is 0 Å². The summed E-state index contributed by atoms with van der Waals surface area (Å²) in [5.74, 6) is -1.08. The molecule has 136 valence electrons. The van der Waals surface area contributed by atoms with Gasteiger partial charge in [0.2, 0.25) is 0 Å². The van der Waals surface area contributed by atoms with Gasteiger partial charge in [0.25, 0.3) is 0 Å². The van der Waals surface area contributed by atoms with Crippen LogP contribution in [0.4, 0.5) is 0 Å². The fourth-order valence-electron chi connectivity index (χ4n) is 2.64. The smallest absolute Gasteiger partial charge is 1.00 e. The summed E-state index contributed by atoms with van der Waals surface area (Å²) in [7, 11) is 0. The van der Waals surface area contributed by atoms with E-state index in [4.69, 9.17) is 9.90 Å². The zero-order valence-corrected chi connectivity index (χ0v) is 21.3. The average Bonchev–Trinajstić information content (AvgIpc) is 2.45. The summed E-state index contributed by atoms with van der Waals surface area (Å²) in [6.45, 7) is 16.0. The molecule has 0 heterocycles. The molecule has 0 aromatic heterocycles. The molecule has 0 aromatic carbocycles. The van der Waals surface area contributed by atoms with E-state index in [-0.39, 0.29) is 68.4 Å². The van der Waals surface area contributed by atoms with Gasteiger partial charge >= 0.3 is 51.4 Å². The topological polar surface area (TPSA) is 40.1 Å². The SMILES string of the molecule is CC(=O)[O-].CCCC[N+](CCCC)(CCCC)CCCC.[Br-].[K+]. The van der Waals surface area contributed by atoms with Crippen LogP contribution >= 0.6 is 0 Å². The Kier molecular flexibility index (Phi) is 33.0. The molecule has 0 aromatic rings. The number of aliphatic carboxylic acids is 1. The van der Waals surface area contributed by atoms with Crippen molar-refractivity contribution in [2.24, 2.45) is 0 Å². The first-order valence-corrected chi connectivity index (χ1v) is 9.00. The van der Waals surface area contributed by atoms with Gasteiger partial charge in [-0.2, -0.15) is 0 Å². The molecule has 0 amide bonds. The Bertz CT molecular complexity index is 200. The molecule has 3 nitrogen and oxygen atoms in total. The number of carboxylic acids is 1. The van der Waals surface area contributed by atoms with Gasteiger partial charge in [0.05, 0.1) is 26.2 Å².